The summed E-state index contributed by atoms with van der Waals surface area (Å²) in [5, 5.41) is 0. The van der Waals surface area contributed by atoms with Crippen LogP contribution in [0.5, 0.6) is 0 Å². The molecule has 1 aromatic heterocycles. The van der Waals surface area contributed by atoms with Crippen molar-refractivity contribution in [2.75, 3.05) is 12.3 Å². The topological polar surface area (TPSA) is 25.8 Å². The van der Waals surface area contributed by atoms with E-state index in [1.807, 2.05) is 0 Å². The van der Waals surface area contributed by atoms with E-state index in [0.717, 1.165) is 11.0 Å². The summed E-state index contributed by atoms with van der Waals surface area (Å²) < 4.78 is 0. The van der Waals surface area contributed by atoms with Gasteiger partial charge in [0.05, 0.1) is 21.9 Å². The molecule has 4 unspecified atom stereocenters. The lowest BCUT2D eigenvalue weighted by molar-refractivity contribution is 0.827. The van der Waals surface area contributed by atoms with Gasteiger partial charge in [-0.2, -0.15) is 0 Å². The van der Waals surface area contributed by atoms with Crippen molar-refractivity contribution in [3.63, 3.8) is 0 Å². The fourth-order valence-corrected chi connectivity index (χ4v) is 12.0. The molecule has 2 aliphatic rings. The molecule has 0 amide bonds. The minimum Gasteiger partial charge on any atom is -0.244 e. The number of para-hydroxylation sites is 2. The van der Waals surface area contributed by atoms with Crippen LogP contribution in [-0.4, -0.2) is 22.3 Å². The molecule has 2 aliphatic heterocycles. The van der Waals surface area contributed by atoms with Gasteiger partial charge in [0.15, 0.2) is 0 Å². The number of hydrogen-bond acceptors (Lipinski definition) is 2. The minimum absolute atomic E-state index is 0.335. The molecule has 0 radical (unpaired) electrons. The first-order chi connectivity index (χ1) is 15.9. The van der Waals surface area contributed by atoms with Gasteiger partial charge in [-0.05, 0) is 77.1 Å². The summed E-state index contributed by atoms with van der Waals surface area (Å²) in [6, 6.07) is 30.9. The van der Waals surface area contributed by atoms with E-state index in [2.05, 4.69) is 84.9 Å². The minimum atomic E-state index is -0.335. The van der Waals surface area contributed by atoms with Gasteiger partial charge in [-0.3, -0.25) is 0 Å². The number of benzene rings is 3. The predicted molar refractivity (Wildman–Crippen MR) is 139 cm³/mol. The van der Waals surface area contributed by atoms with Crippen molar-refractivity contribution >= 4 is 37.7 Å². The quantitative estimate of drug-likeness (QED) is 0.313. The molecule has 0 spiro atoms. The van der Waals surface area contributed by atoms with E-state index < -0.39 is 0 Å². The Labute approximate surface area is 193 Å². The first kappa shape index (κ1) is 20.5. The maximum Gasteiger partial charge on any atom is 0.0903 e. The summed E-state index contributed by atoms with van der Waals surface area (Å²) in [6.07, 6.45) is 7.74. The van der Waals surface area contributed by atoms with Crippen LogP contribution in [0.3, 0.4) is 0 Å². The van der Waals surface area contributed by atoms with Crippen LogP contribution < -0.4 is 10.9 Å². The molecular weight excluding hydrogens is 426 g/mol. The van der Waals surface area contributed by atoms with E-state index >= 15 is 0 Å². The number of fused-ring (bicyclic) bond motifs is 1. The fraction of sp³-hybridized carbons (Fsp3) is 0.286. The smallest absolute Gasteiger partial charge is 0.0903 e. The molecule has 0 saturated carbocycles. The molecule has 0 N–H and O–H groups in total. The fourth-order valence-electron chi connectivity index (χ4n) is 5.45. The highest BCUT2D eigenvalue weighted by atomic mass is 31.1. The summed E-state index contributed by atoms with van der Waals surface area (Å²) in [7, 11) is -0.671. The zero-order chi connectivity index (χ0) is 21.3. The van der Waals surface area contributed by atoms with E-state index in [1.54, 1.807) is 0 Å². The molecule has 4 aromatic rings. The molecule has 3 heterocycles. The Balaban J connectivity index is 1.48. The van der Waals surface area contributed by atoms with Crippen LogP contribution in [0.1, 0.15) is 48.1 Å². The van der Waals surface area contributed by atoms with Crippen LogP contribution in [-0.2, 0) is 0 Å². The summed E-state index contributed by atoms with van der Waals surface area (Å²) in [6.45, 7) is 0. The third kappa shape index (κ3) is 3.79. The van der Waals surface area contributed by atoms with Crippen molar-refractivity contribution in [3.05, 3.63) is 96.1 Å². The van der Waals surface area contributed by atoms with Crippen LogP contribution in [0.15, 0.2) is 84.9 Å². The molecule has 4 atom stereocenters. The monoisotopic (exact) mass is 454 g/mol. The number of aromatic nitrogens is 2. The Morgan fingerprint density at radius 1 is 0.531 bits per heavy atom. The van der Waals surface area contributed by atoms with Gasteiger partial charge in [-0.1, -0.05) is 72.8 Å². The third-order valence-corrected chi connectivity index (χ3v) is 13.1. The van der Waals surface area contributed by atoms with Crippen LogP contribution in [0.2, 0.25) is 0 Å². The van der Waals surface area contributed by atoms with Gasteiger partial charge in [0.25, 0.3) is 0 Å². The van der Waals surface area contributed by atoms with Gasteiger partial charge < -0.3 is 0 Å². The van der Waals surface area contributed by atoms with E-state index in [1.165, 1.54) is 60.0 Å². The molecule has 0 aliphatic carbocycles. The van der Waals surface area contributed by atoms with Gasteiger partial charge in [-0.15, -0.1) is 0 Å². The Morgan fingerprint density at radius 2 is 0.938 bits per heavy atom. The first-order valence-corrected chi connectivity index (χ1v) is 15.0. The second-order valence-electron chi connectivity index (χ2n) is 8.88. The van der Waals surface area contributed by atoms with Crippen LogP contribution >= 0.6 is 15.8 Å². The predicted octanol–water partition coefficient (Wildman–Crippen LogP) is 6.91. The highest BCUT2D eigenvalue weighted by Gasteiger charge is 2.38. The van der Waals surface area contributed by atoms with Gasteiger partial charge in [-0.25, -0.2) is 9.97 Å². The normalized spacial score (nSPS) is 25.4. The maximum absolute atomic E-state index is 5.39. The van der Waals surface area contributed by atoms with Crippen molar-refractivity contribution < 1.29 is 0 Å². The molecule has 3 aromatic carbocycles. The molecule has 2 nitrogen and oxygen atoms in total. The Kier molecular flexibility index (Phi) is 5.76. The highest BCUT2D eigenvalue weighted by Crippen LogP contribution is 2.62. The lowest BCUT2D eigenvalue weighted by Crippen LogP contribution is -2.30. The van der Waals surface area contributed by atoms with E-state index in [0.29, 0.717) is 11.3 Å². The number of hydrogen-bond donors (Lipinski definition) is 0. The molecule has 6 rings (SSSR count). The maximum atomic E-state index is 5.39. The highest BCUT2D eigenvalue weighted by molar-refractivity contribution is 7.72. The van der Waals surface area contributed by atoms with Gasteiger partial charge in [0.2, 0.25) is 0 Å². The molecule has 2 saturated heterocycles. The van der Waals surface area contributed by atoms with Gasteiger partial charge in [0, 0.05) is 11.3 Å². The van der Waals surface area contributed by atoms with E-state index in [4.69, 9.17) is 9.97 Å². The van der Waals surface area contributed by atoms with Crippen LogP contribution in [0, 0.1) is 0 Å². The summed E-state index contributed by atoms with van der Waals surface area (Å²) in [5.74, 6) is 0. The van der Waals surface area contributed by atoms with Crippen molar-refractivity contribution in [2.45, 2.75) is 37.0 Å². The average Bonchev–Trinajstić information content (AvgIpc) is 3.54. The van der Waals surface area contributed by atoms with Crippen LogP contribution in [0.4, 0.5) is 0 Å². The van der Waals surface area contributed by atoms with Crippen molar-refractivity contribution in [1.29, 1.82) is 0 Å². The number of nitrogens with zero attached hydrogens (tertiary/aromatic N) is 2. The molecule has 160 valence electrons. The Bertz CT molecular complexity index is 1120. The van der Waals surface area contributed by atoms with E-state index in [9.17, 15) is 0 Å². The zero-order valence-corrected chi connectivity index (χ0v) is 20.1. The second-order valence-corrected chi connectivity index (χ2v) is 13.8. The number of rotatable bonds is 4. The van der Waals surface area contributed by atoms with Gasteiger partial charge in [0.1, 0.15) is 0 Å². The lowest BCUT2D eigenvalue weighted by Gasteiger charge is -2.27. The van der Waals surface area contributed by atoms with Crippen LogP contribution in [0.25, 0.3) is 11.0 Å². The summed E-state index contributed by atoms with van der Waals surface area (Å²) in [4.78, 5) is 10.8. The third-order valence-electron chi connectivity index (χ3n) is 6.95. The molecule has 2 fully saturated rings. The zero-order valence-electron chi connectivity index (χ0n) is 18.3. The first-order valence-electron chi connectivity index (χ1n) is 11.8. The molecular formula is C28H28N2P2. The van der Waals surface area contributed by atoms with Gasteiger partial charge >= 0.3 is 0 Å². The molecule has 4 heteroatoms. The van der Waals surface area contributed by atoms with E-state index in [-0.39, 0.29) is 15.8 Å². The average molecular weight is 454 g/mol. The largest absolute Gasteiger partial charge is 0.244 e. The summed E-state index contributed by atoms with van der Waals surface area (Å²) >= 11 is 0. The Hall–Kier alpha value is -2.14. The summed E-state index contributed by atoms with van der Waals surface area (Å²) in [5.41, 5.74) is 9.11. The SMILES string of the molecule is c1ccc(C2CCCP2c2nc3ccccc3nc2P2CCCC2c2ccccc2)cc1. The van der Waals surface area contributed by atoms with Crippen molar-refractivity contribution in [3.8, 4) is 0 Å². The lowest BCUT2D eigenvalue weighted by atomic mass is 10.1. The standard InChI is InChI=1S/C28H28N2P2/c1-3-11-21(12-4-1)25-17-9-19-31(25)27-28(30-24-16-8-7-15-23(24)29-27)32-20-10-18-26(32)22-13-5-2-6-14-22/h1-8,11-16,25-26H,9-10,17-20H2. The second kappa shape index (κ2) is 9.01. The Morgan fingerprint density at radius 3 is 1.38 bits per heavy atom. The van der Waals surface area contributed by atoms with Crippen molar-refractivity contribution in [2.24, 2.45) is 0 Å². The van der Waals surface area contributed by atoms with Crippen molar-refractivity contribution in [1.82, 2.24) is 9.97 Å². The molecule has 0 bridgehead atoms. The molecule has 32 heavy (non-hydrogen) atoms.